The lowest BCUT2D eigenvalue weighted by atomic mass is 9.79. The van der Waals surface area contributed by atoms with Crippen molar-refractivity contribution in [3.63, 3.8) is 0 Å². The Hall–Kier alpha value is -2.38. The van der Waals surface area contributed by atoms with Gasteiger partial charge in [-0.15, -0.1) is 0 Å². The van der Waals surface area contributed by atoms with Crippen LogP contribution in [0.2, 0.25) is 0 Å². The monoisotopic (exact) mass is 324 g/mol. The number of hydrogen-bond acceptors (Lipinski definition) is 5. The average molecular weight is 324 g/mol. The molecule has 122 valence electrons. The Bertz CT molecular complexity index is 811. The minimum atomic E-state index is -0.868. The zero-order valence-corrected chi connectivity index (χ0v) is 13.4. The van der Waals surface area contributed by atoms with E-state index in [0.29, 0.717) is 31.1 Å². The molecule has 0 spiro atoms. The normalized spacial score (nSPS) is 16.2. The molecule has 2 aliphatic heterocycles. The Balaban J connectivity index is 1.58. The average Bonchev–Trinajstić information content (AvgIpc) is 2.98. The quantitative estimate of drug-likeness (QED) is 0.833. The summed E-state index contributed by atoms with van der Waals surface area (Å²) >= 11 is 0. The Morgan fingerprint density at radius 1 is 1.38 bits per heavy atom. The topological polar surface area (TPSA) is 71.9 Å². The molecule has 0 atom stereocenters. The maximum absolute atomic E-state index is 12.8. The summed E-state index contributed by atoms with van der Waals surface area (Å²) in [6.45, 7) is 1.58. The first-order valence-corrected chi connectivity index (χ1v) is 7.89. The van der Waals surface area contributed by atoms with Crippen LogP contribution >= 0.6 is 0 Å². The molecule has 0 saturated carbocycles. The summed E-state index contributed by atoms with van der Waals surface area (Å²) in [6.07, 6.45) is 2.49. The van der Waals surface area contributed by atoms with Gasteiger partial charge in [0, 0.05) is 30.9 Å². The Labute approximate surface area is 140 Å². The Kier molecular flexibility index (Phi) is 3.74. The van der Waals surface area contributed by atoms with Crippen LogP contribution in [0.5, 0.6) is 5.88 Å². The number of benzene rings is 1. The van der Waals surface area contributed by atoms with E-state index in [2.05, 4.69) is 4.98 Å². The molecule has 2 aromatic rings. The molecule has 2 aliphatic rings. The molecule has 0 aliphatic carbocycles. The second-order valence-electron chi connectivity index (χ2n) is 6.06. The lowest BCUT2D eigenvalue weighted by molar-refractivity contribution is 0.0726. The smallest absolute Gasteiger partial charge is 0.481 e. The van der Waals surface area contributed by atoms with Gasteiger partial charge < -0.3 is 19.3 Å². The highest BCUT2D eigenvalue weighted by Crippen LogP contribution is 2.23. The number of pyridine rings is 1. The summed E-state index contributed by atoms with van der Waals surface area (Å²) in [6, 6.07) is 7.55. The number of amides is 1. The molecule has 1 amide bonds. The fourth-order valence-electron chi connectivity index (χ4n) is 3.24. The van der Waals surface area contributed by atoms with Crippen LogP contribution in [0.1, 0.15) is 27.0 Å². The van der Waals surface area contributed by atoms with Gasteiger partial charge in [-0.2, -0.15) is 0 Å². The van der Waals surface area contributed by atoms with Gasteiger partial charge >= 0.3 is 7.12 Å². The second kappa shape index (κ2) is 5.92. The van der Waals surface area contributed by atoms with Crippen LogP contribution < -0.4 is 10.2 Å². The molecule has 6 nitrogen and oxygen atoms in total. The highest BCUT2D eigenvalue weighted by atomic mass is 16.5. The van der Waals surface area contributed by atoms with Gasteiger partial charge in [-0.3, -0.25) is 4.79 Å². The number of rotatable bonds is 3. The molecular weight excluding hydrogens is 307 g/mol. The number of carbonyl (C=O) groups is 1. The Morgan fingerprint density at radius 2 is 2.25 bits per heavy atom. The fraction of sp³-hybridized carbons (Fsp3) is 0.294. The number of ether oxygens (including phenoxy) is 1. The van der Waals surface area contributed by atoms with Crippen molar-refractivity contribution in [1.82, 2.24) is 9.88 Å². The van der Waals surface area contributed by atoms with Crippen LogP contribution in [0.4, 0.5) is 0 Å². The maximum Gasteiger partial charge on any atom is 0.491 e. The van der Waals surface area contributed by atoms with Crippen LogP contribution in [-0.4, -0.2) is 41.6 Å². The van der Waals surface area contributed by atoms with Crippen molar-refractivity contribution in [2.75, 3.05) is 13.7 Å². The molecule has 0 unspecified atom stereocenters. The van der Waals surface area contributed by atoms with Crippen molar-refractivity contribution in [3.8, 4) is 5.88 Å². The van der Waals surface area contributed by atoms with E-state index in [1.165, 1.54) is 7.11 Å². The van der Waals surface area contributed by atoms with E-state index in [-0.39, 0.29) is 5.91 Å². The number of aromatic nitrogens is 1. The van der Waals surface area contributed by atoms with Gasteiger partial charge in [-0.1, -0.05) is 18.2 Å². The predicted octanol–water partition coefficient (Wildman–Crippen LogP) is 0.506. The van der Waals surface area contributed by atoms with Gasteiger partial charge in [0.2, 0.25) is 5.88 Å². The van der Waals surface area contributed by atoms with Gasteiger partial charge in [0.1, 0.15) is 0 Å². The second-order valence-corrected chi connectivity index (χ2v) is 6.06. The molecule has 3 heterocycles. The maximum atomic E-state index is 12.8. The zero-order chi connectivity index (χ0) is 16.7. The first-order valence-electron chi connectivity index (χ1n) is 7.89. The fourth-order valence-corrected chi connectivity index (χ4v) is 3.24. The molecule has 0 radical (unpaired) electrons. The molecule has 1 aromatic heterocycles. The largest absolute Gasteiger partial charge is 0.491 e. The van der Waals surface area contributed by atoms with Crippen LogP contribution in [0, 0.1) is 0 Å². The molecule has 0 saturated heterocycles. The number of hydrogen-bond donors (Lipinski definition) is 1. The molecule has 4 rings (SSSR count). The van der Waals surface area contributed by atoms with Gasteiger partial charge in [-0.05, 0) is 28.6 Å². The van der Waals surface area contributed by atoms with Crippen molar-refractivity contribution < 1.29 is 19.2 Å². The molecule has 7 heteroatoms. The third kappa shape index (κ3) is 2.55. The summed E-state index contributed by atoms with van der Waals surface area (Å²) in [5.74, 6) is 0.427. The zero-order valence-electron chi connectivity index (χ0n) is 13.4. The van der Waals surface area contributed by atoms with E-state index in [1.54, 1.807) is 12.3 Å². The van der Waals surface area contributed by atoms with Crippen LogP contribution in [0.25, 0.3) is 0 Å². The van der Waals surface area contributed by atoms with Crippen molar-refractivity contribution in [3.05, 3.63) is 52.7 Å². The van der Waals surface area contributed by atoms with Crippen molar-refractivity contribution in [1.29, 1.82) is 0 Å². The number of carbonyl (C=O) groups excluding carboxylic acids is 1. The van der Waals surface area contributed by atoms with E-state index < -0.39 is 7.12 Å². The third-order valence-electron chi connectivity index (χ3n) is 4.59. The van der Waals surface area contributed by atoms with E-state index in [9.17, 15) is 9.82 Å². The number of methoxy groups -OCH3 is 1. The molecule has 1 N–H and O–H groups in total. The lowest BCUT2D eigenvalue weighted by Crippen LogP contribution is -2.37. The lowest BCUT2D eigenvalue weighted by Gasteiger charge is -2.28. The Morgan fingerprint density at radius 3 is 3.08 bits per heavy atom. The van der Waals surface area contributed by atoms with Crippen molar-refractivity contribution in [2.45, 2.75) is 19.6 Å². The van der Waals surface area contributed by atoms with Crippen LogP contribution in [0.15, 0.2) is 30.5 Å². The van der Waals surface area contributed by atoms with Crippen molar-refractivity contribution in [2.24, 2.45) is 0 Å². The van der Waals surface area contributed by atoms with E-state index in [0.717, 1.165) is 28.6 Å². The van der Waals surface area contributed by atoms with E-state index in [4.69, 9.17) is 9.39 Å². The first-order chi connectivity index (χ1) is 11.7. The minimum absolute atomic E-state index is 0.0192. The first kappa shape index (κ1) is 15.2. The SMILES string of the molecule is COc1cc2c(cn1)CCN(Cc1ccc3c(c1)B(O)OC3)C2=O. The third-order valence-corrected chi connectivity index (χ3v) is 4.59. The molecule has 0 bridgehead atoms. The summed E-state index contributed by atoms with van der Waals surface area (Å²) in [7, 11) is 0.672. The van der Waals surface area contributed by atoms with Crippen LogP contribution in [-0.2, 0) is 24.2 Å². The van der Waals surface area contributed by atoms with Gasteiger partial charge in [0.05, 0.1) is 13.7 Å². The van der Waals surface area contributed by atoms with Gasteiger partial charge in [0.25, 0.3) is 5.91 Å². The summed E-state index contributed by atoms with van der Waals surface area (Å²) in [4.78, 5) is 18.7. The molecular formula is C17H17BN2O4. The van der Waals surface area contributed by atoms with Gasteiger partial charge in [-0.25, -0.2) is 4.98 Å². The minimum Gasteiger partial charge on any atom is -0.481 e. The standard InChI is InChI=1S/C17H17BN2O4/c1-23-16-7-14-12(8-19-16)4-5-20(17(14)21)9-11-2-3-13-10-24-18(22)15(13)6-11/h2-3,6-8,22H,4-5,9-10H2,1H3. The predicted molar refractivity (Wildman–Crippen MR) is 88.1 cm³/mol. The number of fused-ring (bicyclic) bond motifs is 2. The molecule has 0 fully saturated rings. The summed E-state index contributed by atoms with van der Waals surface area (Å²) < 4.78 is 10.3. The molecule has 24 heavy (non-hydrogen) atoms. The van der Waals surface area contributed by atoms with Crippen LogP contribution in [0.3, 0.4) is 0 Å². The highest BCUT2D eigenvalue weighted by molar-refractivity contribution is 6.61. The van der Waals surface area contributed by atoms with E-state index >= 15 is 0 Å². The number of nitrogens with zero attached hydrogens (tertiary/aromatic N) is 2. The molecule has 1 aromatic carbocycles. The van der Waals surface area contributed by atoms with E-state index in [1.807, 2.05) is 23.1 Å². The van der Waals surface area contributed by atoms with Crippen molar-refractivity contribution >= 4 is 18.5 Å². The summed E-state index contributed by atoms with van der Waals surface area (Å²) in [5.41, 5.74) is 4.38. The summed E-state index contributed by atoms with van der Waals surface area (Å²) in [5, 5.41) is 9.83. The van der Waals surface area contributed by atoms with Gasteiger partial charge in [0.15, 0.2) is 0 Å². The highest BCUT2D eigenvalue weighted by Gasteiger charge is 2.29.